The first-order chi connectivity index (χ1) is 10.4. The Hall–Kier alpha value is -1.44. The van der Waals surface area contributed by atoms with Gasteiger partial charge in [-0.3, -0.25) is 14.5 Å². The predicted molar refractivity (Wildman–Crippen MR) is 87.9 cm³/mol. The van der Waals surface area contributed by atoms with Crippen LogP contribution in [0.5, 0.6) is 0 Å². The number of carbonyl (C=O) groups excluding carboxylic acids is 2. The molecule has 1 aliphatic rings. The fraction of sp³-hybridized carbons (Fsp3) is 0.214. The zero-order valence-corrected chi connectivity index (χ0v) is 13.9. The molecule has 0 bridgehead atoms. The van der Waals surface area contributed by atoms with Crippen LogP contribution in [0.1, 0.15) is 12.0 Å². The summed E-state index contributed by atoms with van der Waals surface area (Å²) in [5, 5.41) is 0.208. The fourth-order valence-electron chi connectivity index (χ4n) is 1.78. The van der Waals surface area contributed by atoms with E-state index >= 15 is 0 Å². The molecule has 1 saturated heterocycles. The average molecular weight is 360 g/mol. The van der Waals surface area contributed by atoms with E-state index < -0.39 is 11.8 Å². The standard InChI is InChI=1S/C14H11ClFNO3S2/c1-20-12(18)5-6-17-13(19)11(22-14(17)21)7-8-9(15)3-2-4-10(8)16/h2-4,7H,5-6H2,1H3. The number of rotatable bonds is 4. The summed E-state index contributed by atoms with van der Waals surface area (Å²) in [4.78, 5) is 25.0. The van der Waals surface area contributed by atoms with E-state index in [1.165, 1.54) is 36.3 Å². The van der Waals surface area contributed by atoms with Crippen molar-refractivity contribution < 1.29 is 18.7 Å². The van der Waals surface area contributed by atoms with E-state index in [0.29, 0.717) is 4.32 Å². The molecule has 1 aliphatic heterocycles. The number of thiocarbonyl (C=S) groups is 1. The Morgan fingerprint density at radius 3 is 2.91 bits per heavy atom. The van der Waals surface area contributed by atoms with Crippen LogP contribution < -0.4 is 0 Å². The second kappa shape index (κ2) is 7.21. The first-order valence-electron chi connectivity index (χ1n) is 6.20. The van der Waals surface area contributed by atoms with Crippen LogP contribution >= 0.6 is 35.6 Å². The van der Waals surface area contributed by atoms with E-state index in [-0.39, 0.29) is 34.4 Å². The van der Waals surface area contributed by atoms with Gasteiger partial charge in [0.25, 0.3) is 5.91 Å². The van der Waals surface area contributed by atoms with Crippen molar-refractivity contribution >= 4 is 57.9 Å². The van der Waals surface area contributed by atoms with Crippen molar-refractivity contribution in [3.05, 3.63) is 39.5 Å². The number of thioether (sulfide) groups is 1. The summed E-state index contributed by atoms with van der Waals surface area (Å²) in [6, 6.07) is 4.28. The molecular weight excluding hydrogens is 349 g/mol. The van der Waals surface area contributed by atoms with Crippen LogP contribution in [-0.2, 0) is 14.3 Å². The Bertz CT molecular complexity index is 658. The van der Waals surface area contributed by atoms with Gasteiger partial charge in [0, 0.05) is 12.1 Å². The van der Waals surface area contributed by atoms with Crippen molar-refractivity contribution in [3.63, 3.8) is 0 Å². The van der Waals surface area contributed by atoms with Crippen LogP contribution in [0, 0.1) is 5.82 Å². The number of esters is 1. The Kier molecular flexibility index (Phi) is 5.55. The highest BCUT2D eigenvalue weighted by Gasteiger charge is 2.32. The van der Waals surface area contributed by atoms with Crippen LogP contribution in [0.15, 0.2) is 23.1 Å². The molecule has 1 aromatic rings. The lowest BCUT2D eigenvalue weighted by molar-refractivity contribution is -0.140. The maximum Gasteiger partial charge on any atom is 0.307 e. The van der Waals surface area contributed by atoms with E-state index in [1.807, 2.05) is 0 Å². The molecule has 116 valence electrons. The Labute approximate surface area is 141 Å². The van der Waals surface area contributed by atoms with Gasteiger partial charge in [-0.1, -0.05) is 41.6 Å². The number of carbonyl (C=O) groups is 2. The largest absolute Gasteiger partial charge is 0.469 e. The second-order valence-corrected chi connectivity index (χ2v) is 6.38. The monoisotopic (exact) mass is 359 g/mol. The number of methoxy groups -OCH3 is 1. The molecule has 0 N–H and O–H groups in total. The first-order valence-corrected chi connectivity index (χ1v) is 7.80. The third-order valence-electron chi connectivity index (χ3n) is 2.92. The highest BCUT2D eigenvalue weighted by Crippen LogP contribution is 2.34. The number of amides is 1. The van der Waals surface area contributed by atoms with E-state index in [2.05, 4.69) is 4.74 Å². The van der Waals surface area contributed by atoms with Crippen LogP contribution in [-0.4, -0.2) is 34.8 Å². The lowest BCUT2D eigenvalue weighted by Gasteiger charge is -2.12. The molecule has 4 nitrogen and oxygen atoms in total. The molecule has 22 heavy (non-hydrogen) atoms. The Morgan fingerprint density at radius 1 is 1.55 bits per heavy atom. The number of hydrogen-bond donors (Lipinski definition) is 0. The summed E-state index contributed by atoms with van der Waals surface area (Å²) in [5.74, 6) is -1.33. The van der Waals surface area contributed by atoms with Gasteiger partial charge in [-0.05, 0) is 18.2 Å². The molecule has 0 radical (unpaired) electrons. The minimum absolute atomic E-state index is 0.0384. The first kappa shape index (κ1) is 16.9. The van der Waals surface area contributed by atoms with Crippen molar-refractivity contribution in [1.29, 1.82) is 0 Å². The normalized spacial score (nSPS) is 16.5. The summed E-state index contributed by atoms with van der Waals surface area (Å²) < 4.78 is 18.6. The zero-order chi connectivity index (χ0) is 16.3. The molecule has 2 rings (SSSR count). The molecule has 0 unspecified atom stereocenters. The number of hydrogen-bond acceptors (Lipinski definition) is 5. The van der Waals surface area contributed by atoms with Crippen LogP contribution in [0.4, 0.5) is 4.39 Å². The van der Waals surface area contributed by atoms with Gasteiger partial charge in [0.1, 0.15) is 10.1 Å². The fourth-order valence-corrected chi connectivity index (χ4v) is 3.29. The van der Waals surface area contributed by atoms with Gasteiger partial charge in [0.2, 0.25) is 0 Å². The van der Waals surface area contributed by atoms with Crippen molar-refractivity contribution in [2.75, 3.05) is 13.7 Å². The van der Waals surface area contributed by atoms with Gasteiger partial charge >= 0.3 is 5.97 Å². The van der Waals surface area contributed by atoms with Gasteiger partial charge < -0.3 is 4.74 Å². The van der Waals surface area contributed by atoms with Gasteiger partial charge in [-0.2, -0.15) is 0 Å². The topological polar surface area (TPSA) is 46.6 Å². The number of ether oxygens (including phenoxy) is 1. The van der Waals surface area contributed by atoms with Gasteiger partial charge in [0.15, 0.2) is 0 Å². The van der Waals surface area contributed by atoms with Crippen molar-refractivity contribution in [2.45, 2.75) is 6.42 Å². The molecule has 0 saturated carbocycles. The lowest BCUT2D eigenvalue weighted by Crippen LogP contribution is -2.30. The molecule has 0 aliphatic carbocycles. The van der Waals surface area contributed by atoms with E-state index in [9.17, 15) is 14.0 Å². The highest BCUT2D eigenvalue weighted by molar-refractivity contribution is 8.26. The second-order valence-electron chi connectivity index (χ2n) is 4.29. The van der Waals surface area contributed by atoms with E-state index in [0.717, 1.165) is 11.8 Å². The number of benzene rings is 1. The summed E-state index contributed by atoms with van der Waals surface area (Å²) in [7, 11) is 1.27. The molecule has 8 heteroatoms. The maximum atomic E-state index is 13.8. The molecule has 1 fully saturated rings. The zero-order valence-electron chi connectivity index (χ0n) is 11.5. The maximum absolute atomic E-state index is 13.8. The molecule has 1 amide bonds. The van der Waals surface area contributed by atoms with E-state index in [1.54, 1.807) is 0 Å². The molecule has 1 heterocycles. The van der Waals surface area contributed by atoms with Gasteiger partial charge in [-0.15, -0.1) is 0 Å². The van der Waals surface area contributed by atoms with Crippen LogP contribution in [0.3, 0.4) is 0 Å². The quantitative estimate of drug-likeness (QED) is 0.469. The van der Waals surface area contributed by atoms with Crippen LogP contribution in [0.2, 0.25) is 5.02 Å². The van der Waals surface area contributed by atoms with Gasteiger partial charge in [-0.25, -0.2) is 4.39 Å². The predicted octanol–water partition coefficient (Wildman–Crippen LogP) is 3.24. The minimum Gasteiger partial charge on any atom is -0.469 e. The van der Waals surface area contributed by atoms with Crippen molar-refractivity contribution in [3.8, 4) is 0 Å². The van der Waals surface area contributed by atoms with Crippen LogP contribution in [0.25, 0.3) is 6.08 Å². The number of nitrogens with zero attached hydrogens (tertiary/aromatic N) is 1. The molecule has 0 aromatic heterocycles. The average Bonchev–Trinajstić information content (AvgIpc) is 2.75. The summed E-state index contributed by atoms with van der Waals surface area (Å²) in [6.45, 7) is 0.125. The molecule has 0 atom stereocenters. The molecule has 0 spiro atoms. The third kappa shape index (κ3) is 3.66. The number of halogens is 2. The summed E-state index contributed by atoms with van der Waals surface area (Å²) in [6.07, 6.45) is 1.41. The van der Waals surface area contributed by atoms with Crippen molar-refractivity contribution in [1.82, 2.24) is 4.90 Å². The van der Waals surface area contributed by atoms with E-state index in [4.69, 9.17) is 23.8 Å². The highest BCUT2D eigenvalue weighted by atomic mass is 35.5. The minimum atomic E-state index is -0.521. The molecule has 1 aromatic carbocycles. The SMILES string of the molecule is COC(=O)CCN1C(=O)C(=Cc2c(F)cccc2Cl)SC1=S. The third-order valence-corrected chi connectivity index (χ3v) is 4.62. The van der Waals surface area contributed by atoms with Gasteiger partial charge in [0.05, 0.1) is 23.5 Å². The smallest absolute Gasteiger partial charge is 0.307 e. The summed E-state index contributed by atoms with van der Waals surface area (Å²) in [5.41, 5.74) is 0.137. The van der Waals surface area contributed by atoms with Crippen molar-refractivity contribution in [2.24, 2.45) is 0 Å². The Balaban J connectivity index is 2.21. The molecular formula is C14H11ClFNO3S2. The Morgan fingerprint density at radius 2 is 2.27 bits per heavy atom. The summed E-state index contributed by atoms with van der Waals surface area (Å²) >= 11 is 12.1. The lowest BCUT2D eigenvalue weighted by atomic mass is 10.2.